The second-order valence-electron chi connectivity index (χ2n) is 7.17. The molecule has 1 aliphatic rings. The van der Waals surface area contributed by atoms with Crippen LogP contribution in [0.25, 0.3) is 0 Å². The van der Waals surface area contributed by atoms with Gasteiger partial charge < -0.3 is 5.32 Å². The smallest absolute Gasteiger partial charge is 0.275 e. The van der Waals surface area contributed by atoms with Gasteiger partial charge in [0.1, 0.15) is 17.3 Å². The SMILES string of the molecule is Cn1ncc(C2CCC2)c1C(=O)Nc1ccnc(C(C)(C)C)n1. The monoisotopic (exact) mass is 313 g/mol. The summed E-state index contributed by atoms with van der Waals surface area (Å²) in [7, 11) is 1.80. The summed E-state index contributed by atoms with van der Waals surface area (Å²) in [6.07, 6.45) is 6.99. The fraction of sp³-hybridized carbons (Fsp3) is 0.529. The lowest BCUT2D eigenvalue weighted by molar-refractivity contribution is 0.101. The zero-order valence-electron chi connectivity index (χ0n) is 14.1. The molecule has 0 aromatic carbocycles. The Bertz CT molecular complexity index is 725. The predicted octanol–water partition coefficient (Wildman–Crippen LogP) is 3.03. The number of nitrogens with zero attached hydrogens (tertiary/aromatic N) is 4. The molecular formula is C17H23N5O. The van der Waals surface area contributed by atoms with Crippen LogP contribution in [-0.2, 0) is 12.5 Å². The summed E-state index contributed by atoms with van der Waals surface area (Å²) < 4.78 is 1.65. The van der Waals surface area contributed by atoms with Gasteiger partial charge in [0, 0.05) is 24.2 Å². The van der Waals surface area contributed by atoms with Gasteiger partial charge in [-0.05, 0) is 24.8 Å². The fourth-order valence-electron chi connectivity index (χ4n) is 2.72. The Morgan fingerprint density at radius 1 is 1.35 bits per heavy atom. The average molecular weight is 313 g/mol. The molecule has 0 unspecified atom stereocenters. The number of aryl methyl sites for hydroxylation is 1. The summed E-state index contributed by atoms with van der Waals surface area (Å²) in [5, 5.41) is 7.15. The molecule has 0 bridgehead atoms. The summed E-state index contributed by atoms with van der Waals surface area (Å²) in [6, 6.07) is 1.71. The maximum absolute atomic E-state index is 12.7. The van der Waals surface area contributed by atoms with Gasteiger partial charge >= 0.3 is 0 Å². The molecule has 122 valence electrons. The number of hydrogen-bond acceptors (Lipinski definition) is 4. The first kappa shape index (κ1) is 15.6. The molecule has 1 N–H and O–H groups in total. The number of nitrogens with one attached hydrogen (secondary N) is 1. The van der Waals surface area contributed by atoms with Crippen LogP contribution in [0.5, 0.6) is 0 Å². The van der Waals surface area contributed by atoms with Crippen molar-refractivity contribution < 1.29 is 4.79 Å². The first-order chi connectivity index (χ1) is 10.9. The van der Waals surface area contributed by atoms with Gasteiger partial charge in [-0.15, -0.1) is 0 Å². The molecule has 2 aromatic rings. The van der Waals surface area contributed by atoms with E-state index in [-0.39, 0.29) is 11.3 Å². The highest BCUT2D eigenvalue weighted by atomic mass is 16.2. The minimum atomic E-state index is -0.162. The van der Waals surface area contributed by atoms with Gasteiger partial charge in [-0.3, -0.25) is 9.48 Å². The predicted molar refractivity (Wildman–Crippen MR) is 88.5 cm³/mol. The maximum atomic E-state index is 12.7. The Morgan fingerprint density at radius 3 is 2.70 bits per heavy atom. The van der Waals surface area contributed by atoms with Crippen molar-refractivity contribution in [1.29, 1.82) is 0 Å². The summed E-state index contributed by atoms with van der Waals surface area (Å²) in [5.74, 6) is 1.53. The lowest BCUT2D eigenvalue weighted by Crippen LogP contribution is -2.22. The molecule has 1 aliphatic carbocycles. The first-order valence-corrected chi connectivity index (χ1v) is 8.03. The number of aromatic nitrogens is 4. The van der Waals surface area contributed by atoms with Crippen molar-refractivity contribution in [2.24, 2.45) is 7.05 Å². The summed E-state index contributed by atoms with van der Waals surface area (Å²) >= 11 is 0. The van der Waals surface area contributed by atoms with Crippen molar-refractivity contribution >= 4 is 11.7 Å². The Balaban J connectivity index is 1.84. The van der Waals surface area contributed by atoms with Crippen molar-refractivity contribution in [3.63, 3.8) is 0 Å². The standard InChI is InChI=1S/C17H23N5O/c1-17(2,3)16-18-9-8-13(21-16)20-15(23)14-12(10-19-22(14)4)11-6-5-7-11/h8-11H,5-7H2,1-4H3,(H,18,20,21,23). The molecule has 6 heteroatoms. The molecular weight excluding hydrogens is 290 g/mol. The van der Waals surface area contributed by atoms with Crippen molar-refractivity contribution in [2.45, 2.75) is 51.4 Å². The van der Waals surface area contributed by atoms with Crippen LogP contribution in [0.15, 0.2) is 18.5 Å². The van der Waals surface area contributed by atoms with Crippen LogP contribution in [0.2, 0.25) is 0 Å². The third kappa shape index (κ3) is 3.11. The van der Waals surface area contributed by atoms with Gasteiger partial charge in [0.05, 0.1) is 6.20 Å². The maximum Gasteiger partial charge on any atom is 0.275 e. The largest absolute Gasteiger partial charge is 0.305 e. The highest BCUT2D eigenvalue weighted by molar-refractivity contribution is 6.03. The second kappa shape index (κ2) is 5.76. The average Bonchev–Trinajstić information content (AvgIpc) is 2.78. The molecule has 0 spiro atoms. The van der Waals surface area contributed by atoms with E-state index in [1.54, 1.807) is 24.0 Å². The number of rotatable bonds is 3. The summed E-state index contributed by atoms with van der Waals surface area (Å²) in [5.41, 5.74) is 1.51. The third-order valence-corrected chi connectivity index (χ3v) is 4.30. The lowest BCUT2D eigenvalue weighted by Gasteiger charge is -2.25. The molecule has 3 rings (SSSR count). The zero-order chi connectivity index (χ0) is 16.6. The topological polar surface area (TPSA) is 72.7 Å². The Morgan fingerprint density at radius 2 is 2.09 bits per heavy atom. The number of hydrogen-bond donors (Lipinski definition) is 1. The Labute approximate surface area is 136 Å². The molecule has 23 heavy (non-hydrogen) atoms. The van der Waals surface area contributed by atoms with Crippen LogP contribution in [0.1, 0.15) is 67.8 Å². The minimum Gasteiger partial charge on any atom is -0.305 e. The van der Waals surface area contributed by atoms with Crippen LogP contribution < -0.4 is 5.32 Å². The second-order valence-corrected chi connectivity index (χ2v) is 7.17. The molecule has 1 saturated carbocycles. The lowest BCUT2D eigenvalue weighted by atomic mass is 9.80. The van der Waals surface area contributed by atoms with Crippen LogP contribution in [-0.4, -0.2) is 25.7 Å². The van der Waals surface area contributed by atoms with Crippen molar-refractivity contribution in [3.8, 4) is 0 Å². The van der Waals surface area contributed by atoms with Crippen molar-refractivity contribution in [2.75, 3.05) is 5.32 Å². The van der Waals surface area contributed by atoms with Gasteiger partial charge in [-0.2, -0.15) is 5.10 Å². The van der Waals surface area contributed by atoms with E-state index in [9.17, 15) is 4.79 Å². The van der Waals surface area contributed by atoms with E-state index in [1.165, 1.54) is 6.42 Å². The molecule has 6 nitrogen and oxygen atoms in total. The molecule has 2 heterocycles. The van der Waals surface area contributed by atoms with Gasteiger partial charge in [0.25, 0.3) is 5.91 Å². The van der Waals surface area contributed by atoms with Crippen LogP contribution in [0.3, 0.4) is 0 Å². The van der Waals surface area contributed by atoms with E-state index in [1.807, 2.05) is 27.0 Å². The third-order valence-electron chi connectivity index (χ3n) is 4.30. The molecule has 1 fully saturated rings. The van der Waals surface area contributed by atoms with E-state index in [4.69, 9.17) is 0 Å². The molecule has 0 radical (unpaired) electrons. The number of carbonyl (C=O) groups is 1. The number of amides is 1. The highest BCUT2D eigenvalue weighted by Crippen LogP contribution is 2.37. The van der Waals surface area contributed by atoms with Crippen molar-refractivity contribution in [3.05, 3.63) is 35.5 Å². The minimum absolute atomic E-state index is 0.162. The number of anilines is 1. The summed E-state index contributed by atoms with van der Waals surface area (Å²) in [6.45, 7) is 6.14. The Hall–Kier alpha value is -2.24. The van der Waals surface area contributed by atoms with E-state index < -0.39 is 0 Å². The van der Waals surface area contributed by atoms with E-state index in [0.717, 1.165) is 18.4 Å². The van der Waals surface area contributed by atoms with Crippen molar-refractivity contribution in [1.82, 2.24) is 19.7 Å². The van der Waals surface area contributed by atoms with Crippen LogP contribution in [0, 0.1) is 0 Å². The van der Waals surface area contributed by atoms with Crippen LogP contribution in [0.4, 0.5) is 5.82 Å². The van der Waals surface area contributed by atoms with E-state index >= 15 is 0 Å². The van der Waals surface area contributed by atoms with Gasteiger partial charge in [-0.25, -0.2) is 9.97 Å². The van der Waals surface area contributed by atoms with E-state index in [2.05, 4.69) is 20.4 Å². The van der Waals surface area contributed by atoms with Crippen LogP contribution >= 0.6 is 0 Å². The quantitative estimate of drug-likeness (QED) is 0.945. The summed E-state index contributed by atoms with van der Waals surface area (Å²) in [4.78, 5) is 21.4. The van der Waals surface area contributed by atoms with Gasteiger partial charge in [-0.1, -0.05) is 27.2 Å². The molecule has 2 aromatic heterocycles. The number of carbonyl (C=O) groups excluding carboxylic acids is 1. The van der Waals surface area contributed by atoms with Gasteiger partial charge in [0.2, 0.25) is 0 Å². The molecule has 0 atom stereocenters. The zero-order valence-corrected chi connectivity index (χ0v) is 14.1. The molecule has 0 saturated heterocycles. The first-order valence-electron chi connectivity index (χ1n) is 8.03. The van der Waals surface area contributed by atoms with Gasteiger partial charge in [0.15, 0.2) is 0 Å². The fourth-order valence-corrected chi connectivity index (χ4v) is 2.72. The molecule has 1 amide bonds. The highest BCUT2D eigenvalue weighted by Gasteiger charge is 2.28. The Kier molecular flexibility index (Phi) is 3.92. The molecule has 0 aliphatic heterocycles. The normalized spacial score (nSPS) is 15.3. The van der Waals surface area contributed by atoms with E-state index in [0.29, 0.717) is 23.3 Å².